The molecular weight excluding hydrogens is 186 g/mol. The van der Waals surface area contributed by atoms with Gasteiger partial charge in [-0.15, -0.1) is 11.8 Å². The average Bonchev–Trinajstić information content (AvgIpc) is 2.17. The van der Waals surface area contributed by atoms with Gasteiger partial charge in [-0.2, -0.15) is 0 Å². The van der Waals surface area contributed by atoms with Gasteiger partial charge in [-0.25, -0.2) is 15.0 Å². The lowest BCUT2D eigenvalue weighted by atomic mass is 10.3. The third-order valence-corrected chi connectivity index (χ3v) is 2.32. The Morgan fingerprint density at radius 1 is 1.46 bits per heavy atom. The van der Waals surface area contributed by atoms with Crippen molar-refractivity contribution in [1.29, 1.82) is 0 Å². The summed E-state index contributed by atoms with van der Waals surface area (Å²) in [5, 5.41) is 10.8. The van der Waals surface area contributed by atoms with Crippen molar-refractivity contribution in [2.75, 3.05) is 6.26 Å². The fourth-order valence-electron chi connectivity index (χ4n) is 1.04. The molecule has 2 heterocycles. The van der Waals surface area contributed by atoms with Gasteiger partial charge in [0.05, 0.1) is 0 Å². The van der Waals surface area contributed by atoms with Crippen LogP contribution in [0.5, 0.6) is 5.75 Å². The van der Waals surface area contributed by atoms with Crippen LogP contribution in [0.15, 0.2) is 23.6 Å². The number of aromatic hydroxyl groups is 1. The molecule has 1 N–H and O–H groups in total. The van der Waals surface area contributed by atoms with E-state index >= 15 is 0 Å². The van der Waals surface area contributed by atoms with E-state index in [0.29, 0.717) is 10.7 Å². The predicted molar refractivity (Wildman–Crippen MR) is 50.8 cm³/mol. The van der Waals surface area contributed by atoms with E-state index in [1.165, 1.54) is 18.1 Å². The van der Waals surface area contributed by atoms with Crippen LogP contribution >= 0.6 is 11.8 Å². The second-order valence-corrected chi connectivity index (χ2v) is 3.25. The van der Waals surface area contributed by atoms with Crippen LogP contribution in [0.1, 0.15) is 0 Å². The maximum atomic E-state index is 9.47. The second kappa shape index (κ2) is 3.18. The lowest BCUT2D eigenvalue weighted by Gasteiger charge is -2.00. The first kappa shape index (κ1) is 8.25. The monoisotopic (exact) mass is 193 g/mol. The molecule has 0 bridgehead atoms. The normalized spacial score (nSPS) is 10.5. The standard InChI is InChI=1S/C8H7N3OS/c1-13-8-6(12)2-5-3-9-4-10-7(5)11-8/h2-4,12H,1H3. The van der Waals surface area contributed by atoms with E-state index in [2.05, 4.69) is 15.0 Å². The molecular formula is C8H7N3OS. The number of nitrogens with zero attached hydrogens (tertiary/aromatic N) is 3. The first-order valence-corrected chi connectivity index (χ1v) is 4.87. The van der Waals surface area contributed by atoms with Gasteiger partial charge in [0, 0.05) is 11.6 Å². The van der Waals surface area contributed by atoms with Crippen LogP contribution in [0, 0.1) is 0 Å². The second-order valence-electron chi connectivity index (χ2n) is 2.45. The Bertz CT molecular complexity index is 446. The molecule has 0 saturated carbocycles. The molecule has 0 aliphatic rings. The van der Waals surface area contributed by atoms with Gasteiger partial charge in [0.15, 0.2) is 5.65 Å². The zero-order chi connectivity index (χ0) is 9.26. The van der Waals surface area contributed by atoms with Crippen molar-refractivity contribution in [3.63, 3.8) is 0 Å². The molecule has 0 spiro atoms. The van der Waals surface area contributed by atoms with Gasteiger partial charge in [-0.1, -0.05) is 0 Å². The zero-order valence-electron chi connectivity index (χ0n) is 6.93. The molecule has 0 amide bonds. The van der Waals surface area contributed by atoms with Crippen LogP contribution in [0.2, 0.25) is 0 Å². The van der Waals surface area contributed by atoms with Crippen molar-refractivity contribution in [3.8, 4) is 5.75 Å². The van der Waals surface area contributed by atoms with Crippen LogP contribution in [-0.4, -0.2) is 26.3 Å². The van der Waals surface area contributed by atoms with E-state index in [4.69, 9.17) is 0 Å². The number of rotatable bonds is 1. The summed E-state index contributed by atoms with van der Waals surface area (Å²) >= 11 is 1.39. The summed E-state index contributed by atoms with van der Waals surface area (Å²) in [6, 6.07) is 1.62. The molecule has 0 aliphatic carbocycles. The fraction of sp³-hybridized carbons (Fsp3) is 0.125. The maximum absolute atomic E-state index is 9.47. The molecule has 2 aromatic heterocycles. The molecule has 2 rings (SSSR count). The van der Waals surface area contributed by atoms with Gasteiger partial charge in [-0.05, 0) is 12.3 Å². The van der Waals surface area contributed by atoms with Gasteiger partial charge < -0.3 is 5.11 Å². The van der Waals surface area contributed by atoms with Crippen molar-refractivity contribution >= 4 is 22.8 Å². The van der Waals surface area contributed by atoms with Crippen LogP contribution in [0.4, 0.5) is 0 Å². The summed E-state index contributed by atoms with van der Waals surface area (Å²) in [4.78, 5) is 12.0. The zero-order valence-corrected chi connectivity index (χ0v) is 7.75. The Morgan fingerprint density at radius 2 is 2.31 bits per heavy atom. The van der Waals surface area contributed by atoms with E-state index in [0.717, 1.165) is 5.39 Å². The van der Waals surface area contributed by atoms with Crippen LogP contribution in [0.25, 0.3) is 11.0 Å². The molecule has 0 unspecified atom stereocenters. The van der Waals surface area contributed by atoms with Crippen molar-refractivity contribution < 1.29 is 5.11 Å². The Morgan fingerprint density at radius 3 is 3.08 bits per heavy atom. The Balaban J connectivity index is 2.74. The van der Waals surface area contributed by atoms with Gasteiger partial charge >= 0.3 is 0 Å². The lowest BCUT2D eigenvalue weighted by molar-refractivity contribution is 0.458. The summed E-state index contributed by atoms with van der Waals surface area (Å²) < 4.78 is 0. The minimum atomic E-state index is 0.176. The van der Waals surface area contributed by atoms with E-state index < -0.39 is 0 Å². The minimum Gasteiger partial charge on any atom is -0.505 e. The highest BCUT2D eigenvalue weighted by Gasteiger charge is 2.04. The molecule has 66 valence electrons. The number of hydrogen-bond acceptors (Lipinski definition) is 5. The van der Waals surface area contributed by atoms with Crippen LogP contribution in [-0.2, 0) is 0 Å². The molecule has 0 aromatic carbocycles. The van der Waals surface area contributed by atoms with Crippen LogP contribution < -0.4 is 0 Å². The van der Waals surface area contributed by atoms with E-state index in [1.807, 2.05) is 6.26 Å². The Kier molecular flexibility index (Phi) is 2.02. The summed E-state index contributed by atoms with van der Waals surface area (Å²) in [6.45, 7) is 0. The highest BCUT2D eigenvalue weighted by atomic mass is 32.2. The predicted octanol–water partition coefficient (Wildman–Crippen LogP) is 1.45. The topological polar surface area (TPSA) is 58.9 Å². The van der Waals surface area contributed by atoms with E-state index in [1.54, 1.807) is 12.3 Å². The molecule has 5 heteroatoms. The molecule has 0 fully saturated rings. The lowest BCUT2D eigenvalue weighted by Crippen LogP contribution is -1.87. The number of thioether (sulfide) groups is 1. The smallest absolute Gasteiger partial charge is 0.163 e. The minimum absolute atomic E-state index is 0.176. The summed E-state index contributed by atoms with van der Waals surface area (Å²) in [6.07, 6.45) is 4.92. The quantitative estimate of drug-likeness (QED) is 0.695. The summed E-state index contributed by atoms with van der Waals surface area (Å²) in [5.41, 5.74) is 0.608. The largest absolute Gasteiger partial charge is 0.505 e. The van der Waals surface area contributed by atoms with Gasteiger partial charge in [0.2, 0.25) is 0 Å². The van der Waals surface area contributed by atoms with Gasteiger partial charge in [-0.3, -0.25) is 0 Å². The van der Waals surface area contributed by atoms with E-state index in [-0.39, 0.29) is 5.75 Å². The highest BCUT2D eigenvalue weighted by molar-refractivity contribution is 7.98. The summed E-state index contributed by atoms with van der Waals surface area (Å²) in [5.74, 6) is 0.176. The number of fused-ring (bicyclic) bond motifs is 1. The SMILES string of the molecule is CSc1nc2ncncc2cc1O. The molecule has 4 nitrogen and oxygen atoms in total. The Hall–Kier alpha value is -1.36. The number of pyridine rings is 1. The molecule has 0 saturated heterocycles. The van der Waals surface area contributed by atoms with Crippen molar-refractivity contribution in [2.45, 2.75) is 5.03 Å². The third kappa shape index (κ3) is 1.42. The van der Waals surface area contributed by atoms with Gasteiger partial charge in [0.25, 0.3) is 0 Å². The Labute approximate surface area is 79.1 Å². The average molecular weight is 193 g/mol. The van der Waals surface area contributed by atoms with E-state index in [9.17, 15) is 5.11 Å². The maximum Gasteiger partial charge on any atom is 0.163 e. The number of hydrogen-bond donors (Lipinski definition) is 1. The molecule has 0 radical (unpaired) electrons. The van der Waals surface area contributed by atoms with Gasteiger partial charge in [0.1, 0.15) is 17.1 Å². The first-order valence-electron chi connectivity index (χ1n) is 3.65. The first-order chi connectivity index (χ1) is 6.31. The fourth-order valence-corrected chi connectivity index (χ4v) is 1.49. The van der Waals surface area contributed by atoms with Crippen LogP contribution in [0.3, 0.4) is 0 Å². The molecule has 2 aromatic rings. The molecule has 0 aliphatic heterocycles. The molecule has 13 heavy (non-hydrogen) atoms. The third-order valence-electron chi connectivity index (χ3n) is 1.63. The van der Waals surface area contributed by atoms with Crippen molar-refractivity contribution in [1.82, 2.24) is 15.0 Å². The summed E-state index contributed by atoms with van der Waals surface area (Å²) in [7, 11) is 0. The van der Waals surface area contributed by atoms with Crippen molar-refractivity contribution in [2.24, 2.45) is 0 Å². The molecule has 0 atom stereocenters. The highest BCUT2D eigenvalue weighted by Crippen LogP contribution is 2.26. The number of aromatic nitrogens is 3. The van der Waals surface area contributed by atoms with Crippen molar-refractivity contribution in [3.05, 3.63) is 18.6 Å².